The fourth-order valence-corrected chi connectivity index (χ4v) is 4.52. The van der Waals surface area contributed by atoms with Crippen LogP contribution < -0.4 is 15.5 Å². The maximum atomic E-state index is 13.2. The lowest BCUT2D eigenvalue weighted by Gasteiger charge is -2.19. The van der Waals surface area contributed by atoms with E-state index in [1.807, 2.05) is 19.9 Å². The van der Waals surface area contributed by atoms with E-state index < -0.39 is 5.97 Å². The third kappa shape index (κ3) is 4.83. The Morgan fingerprint density at radius 3 is 2.72 bits per heavy atom. The van der Waals surface area contributed by atoms with Gasteiger partial charge in [0.2, 0.25) is 0 Å². The van der Waals surface area contributed by atoms with Crippen LogP contribution in [0.3, 0.4) is 0 Å². The van der Waals surface area contributed by atoms with Crippen molar-refractivity contribution in [1.29, 1.82) is 5.26 Å². The Kier molecular flexibility index (Phi) is 6.61. The van der Waals surface area contributed by atoms with Crippen LogP contribution in [0.15, 0.2) is 82.3 Å². The summed E-state index contributed by atoms with van der Waals surface area (Å²) in [5.74, 6) is -0.245. The molecule has 0 radical (unpaired) electrons. The molecule has 0 aliphatic carbocycles. The van der Waals surface area contributed by atoms with Crippen LogP contribution in [0.25, 0.3) is 28.0 Å². The number of nitrogens with zero attached hydrogens (tertiary/aromatic N) is 3. The predicted molar refractivity (Wildman–Crippen MR) is 146 cm³/mol. The summed E-state index contributed by atoms with van der Waals surface area (Å²) in [4.78, 5) is 24.9. The minimum Gasteiger partial charge on any atom is -0.495 e. The van der Waals surface area contributed by atoms with Crippen LogP contribution in [0.1, 0.15) is 40.0 Å². The van der Waals surface area contributed by atoms with Crippen molar-refractivity contribution in [2.75, 3.05) is 12.4 Å². The van der Waals surface area contributed by atoms with Gasteiger partial charge in [0.25, 0.3) is 0 Å². The number of aromatic nitrogens is 2. The number of methoxy groups -OCH3 is 1. The van der Waals surface area contributed by atoms with Crippen molar-refractivity contribution in [3.05, 3.63) is 106 Å². The van der Waals surface area contributed by atoms with Crippen LogP contribution >= 0.6 is 0 Å². The van der Waals surface area contributed by atoms with Gasteiger partial charge in [-0.3, -0.25) is 4.79 Å². The quantitative estimate of drug-likeness (QED) is 0.279. The first-order chi connectivity index (χ1) is 18.8. The third-order valence-electron chi connectivity index (χ3n) is 6.43. The van der Waals surface area contributed by atoms with Gasteiger partial charge in [0.1, 0.15) is 23.2 Å². The molecule has 0 fully saturated rings. The zero-order chi connectivity index (χ0) is 27.7. The molecule has 0 saturated heterocycles. The lowest BCUT2D eigenvalue weighted by Crippen LogP contribution is -2.12. The van der Waals surface area contributed by atoms with Crippen molar-refractivity contribution < 1.29 is 19.1 Å². The molecule has 0 aliphatic heterocycles. The molecular formula is C30H24N4O5. The van der Waals surface area contributed by atoms with E-state index in [4.69, 9.17) is 9.15 Å². The molecule has 9 nitrogen and oxygen atoms in total. The van der Waals surface area contributed by atoms with E-state index >= 15 is 0 Å². The number of carboxylic acid groups (broad SMARTS) is 1. The van der Waals surface area contributed by atoms with Crippen molar-refractivity contribution in [3.63, 3.8) is 0 Å². The molecule has 1 unspecified atom stereocenters. The Labute approximate surface area is 223 Å². The van der Waals surface area contributed by atoms with Gasteiger partial charge in [-0.25, -0.2) is 9.48 Å². The molecule has 0 saturated carbocycles. The molecule has 0 aliphatic rings. The smallest absolute Gasteiger partial charge is 0.337 e. The highest BCUT2D eigenvalue weighted by atomic mass is 16.5. The van der Waals surface area contributed by atoms with Crippen molar-refractivity contribution in [3.8, 4) is 28.8 Å². The second-order valence-corrected chi connectivity index (χ2v) is 9.09. The van der Waals surface area contributed by atoms with Gasteiger partial charge in [0, 0.05) is 23.5 Å². The number of aromatic carboxylic acids is 1. The highest BCUT2D eigenvalue weighted by Crippen LogP contribution is 2.31. The second-order valence-electron chi connectivity index (χ2n) is 9.09. The van der Waals surface area contributed by atoms with Gasteiger partial charge in [-0.15, -0.1) is 0 Å². The van der Waals surface area contributed by atoms with Gasteiger partial charge >= 0.3 is 5.97 Å². The van der Waals surface area contributed by atoms with Gasteiger partial charge in [-0.2, -0.15) is 10.4 Å². The van der Waals surface area contributed by atoms with Crippen molar-refractivity contribution in [2.24, 2.45) is 0 Å². The largest absolute Gasteiger partial charge is 0.495 e. The lowest BCUT2D eigenvalue weighted by atomic mass is 10.0. The Hall–Kier alpha value is -5.36. The van der Waals surface area contributed by atoms with Gasteiger partial charge in [-0.05, 0) is 55.8 Å². The summed E-state index contributed by atoms with van der Waals surface area (Å²) in [5.41, 5.74) is 3.98. The molecule has 0 spiro atoms. The summed E-state index contributed by atoms with van der Waals surface area (Å²) in [6.07, 6.45) is 3.30. The number of aryl methyl sites for hydroxylation is 1. The number of nitrogens with one attached hydrogen (secondary N) is 1. The number of ether oxygens (including phenoxy) is 1. The minimum absolute atomic E-state index is 0.147. The van der Waals surface area contributed by atoms with Crippen molar-refractivity contribution >= 4 is 22.6 Å². The zero-order valence-corrected chi connectivity index (χ0v) is 21.4. The number of para-hydroxylation sites is 1. The van der Waals surface area contributed by atoms with Crippen LogP contribution in [0, 0.1) is 18.3 Å². The van der Waals surface area contributed by atoms with Gasteiger partial charge in [-0.1, -0.05) is 18.2 Å². The summed E-state index contributed by atoms with van der Waals surface area (Å²) in [5, 5.41) is 27.1. The summed E-state index contributed by atoms with van der Waals surface area (Å²) in [7, 11) is 1.50. The van der Waals surface area contributed by atoms with E-state index in [9.17, 15) is 20.0 Å². The molecule has 2 heterocycles. The number of hydrogen-bond acceptors (Lipinski definition) is 7. The van der Waals surface area contributed by atoms with E-state index in [0.717, 1.165) is 5.56 Å². The Balaban J connectivity index is 1.57. The van der Waals surface area contributed by atoms with Crippen molar-refractivity contribution in [2.45, 2.75) is 19.9 Å². The number of nitriles is 1. The SMILES string of the molecule is COc1ccc(-n2cc(-c3cc(=O)c4cc(C)cc(C(C)Nc5ccccc5C(=O)O)c4o3)cn2)cc1C#N. The average Bonchev–Trinajstić information content (AvgIpc) is 3.43. The molecule has 2 aromatic heterocycles. The minimum atomic E-state index is -1.04. The second kappa shape index (κ2) is 10.2. The van der Waals surface area contributed by atoms with E-state index in [1.165, 1.54) is 19.2 Å². The van der Waals surface area contributed by atoms with E-state index in [0.29, 0.717) is 50.5 Å². The van der Waals surface area contributed by atoms with E-state index in [2.05, 4.69) is 16.5 Å². The summed E-state index contributed by atoms with van der Waals surface area (Å²) in [6.45, 7) is 3.77. The number of fused-ring (bicyclic) bond motifs is 1. The molecular weight excluding hydrogens is 496 g/mol. The number of anilines is 1. The molecule has 3 aromatic carbocycles. The topological polar surface area (TPSA) is 130 Å². The normalized spacial score (nSPS) is 11.6. The Morgan fingerprint density at radius 2 is 1.97 bits per heavy atom. The van der Waals surface area contributed by atoms with Crippen LogP contribution in [-0.4, -0.2) is 28.0 Å². The number of carbonyl (C=O) groups is 1. The molecule has 9 heteroatoms. The number of benzene rings is 3. The van der Waals surface area contributed by atoms with Crippen LogP contribution in [0.4, 0.5) is 5.69 Å². The first-order valence-electron chi connectivity index (χ1n) is 12.1. The number of rotatable bonds is 7. The Morgan fingerprint density at radius 1 is 1.18 bits per heavy atom. The molecule has 39 heavy (non-hydrogen) atoms. The van der Waals surface area contributed by atoms with Crippen LogP contribution in [0.2, 0.25) is 0 Å². The summed E-state index contributed by atoms with van der Waals surface area (Å²) >= 11 is 0. The van der Waals surface area contributed by atoms with Gasteiger partial charge < -0.3 is 19.6 Å². The molecule has 5 rings (SSSR count). The van der Waals surface area contributed by atoms with Crippen molar-refractivity contribution in [1.82, 2.24) is 9.78 Å². The number of hydrogen-bond donors (Lipinski definition) is 2. The fraction of sp³-hybridized carbons (Fsp3) is 0.133. The molecule has 0 bridgehead atoms. The van der Waals surface area contributed by atoms with E-state index in [-0.39, 0.29) is 17.0 Å². The standard InChI is InChI=1S/C30H24N4O5/c1-17-10-23(18(2)33-25-7-5-4-6-22(25)30(36)37)29-24(11-17)26(35)13-28(39-29)20-15-32-34(16-20)21-8-9-27(38-3)19(12-21)14-31/h4-13,15-16,18,33H,1-3H3,(H,36,37). The highest BCUT2D eigenvalue weighted by molar-refractivity contribution is 5.94. The molecule has 2 N–H and O–H groups in total. The maximum absolute atomic E-state index is 13.2. The molecule has 5 aromatic rings. The first-order valence-corrected chi connectivity index (χ1v) is 12.1. The summed E-state index contributed by atoms with van der Waals surface area (Å²) < 4.78 is 13.1. The van der Waals surface area contributed by atoms with E-state index in [1.54, 1.807) is 59.5 Å². The lowest BCUT2D eigenvalue weighted by molar-refractivity contribution is 0.0698. The maximum Gasteiger partial charge on any atom is 0.337 e. The molecule has 0 amide bonds. The predicted octanol–water partition coefficient (Wildman–Crippen LogP) is 5.71. The summed E-state index contributed by atoms with van der Waals surface area (Å²) in [6, 6.07) is 18.6. The van der Waals surface area contributed by atoms with Gasteiger partial charge in [0.05, 0.1) is 47.1 Å². The molecule has 194 valence electrons. The fourth-order valence-electron chi connectivity index (χ4n) is 4.52. The number of carboxylic acids is 1. The average molecular weight is 521 g/mol. The van der Waals surface area contributed by atoms with Crippen LogP contribution in [0.5, 0.6) is 5.75 Å². The Bertz CT molecular complexity index is 1830. The monoisotopic (exact) mass is 520 g/mol. The zero-order valence-electron chi connectivity index (χ0n) is 21.4. The third-order valence-corrected chi connectivity index (χ3v) is 6.43. The van der Waals surface area contributed by atoms with Crippen LogP contribution in [-0.2, 0) is 0 Å². The van der Waals surface area contributed by atoms with Gasteiger partial charge in [0.15, 0.2) is 5.43 Å². The molecule has 1 atom stereocenters. The first kappa shape index (κ1) is 25.3. The highest BCUT2D eigenvalue weighted by Gasteiger charge is 2.19.